The largest absolute Gasteiger partial charge is 0.491 e. The summed E-state index contributed by atoms with van der Waals surface area (Å²) in [7, 11) is 0. The highest BCUT2D eigenvalue weighted by atomic mass is 32.2. The molecule has 0 bridgehead atoms. The number of ketones is 4. The molecule has 4 atom stereocenters. The predicted octanol–water partition coefficient (Wildman–Crippen LogP) is 8.21. The van der Waals surface area contributed by atoms with Gasteiger partial charge in [-0.15, -0.1) is 23.5 Å². The Kier molecular flexibility index (Phi) is 17.2. The summed E-state index contributed by atoms with van der Waals surface area (Å²) in [4.78, 5) is 91.6. The van der Waals surface area contributed by atoms with Crippen LogP contribution >= 0.6 is 23.5 Å². The van der Waals surface area contributed by atoms with Crippen LogP contribution in [-0.2, 0) is 43.5 Å². The van der Waals surface area contributed by atoms with Crippen LogP contribution in [0.5, 0.6) is 11.5 Å². The number of β-amino-alcohol motifs (C(OH)–C–C–N with tert-alkyl or cyclic N) is 1. The lowest BCUT2D eigenvalue weighted by Gasteiger charge is -2.38. The Morgan fingerprint density at radius 2 is 1.07 bits per heavy atom. The van der Waals surface area contributed by atoms with Crippen LogP contribution in [0.1, 0.15) is 115 Å². The number of fused-ring (bicyclic) bond motifs is 4. The Labute approximate surface area is 473 Å². The number of carbonyl (C=O) groups excluding carboxylic acids is 6. The summed E-state index contributed by atoms with van der Waals surface area (Å²) in [6.45, 7) is 15.3. The molecule has 2 N–H and O–H groups in total. The minimum atomic E-state index is -1.01. The molecule has 4 aromatic rings. The zero-order valence-electron chi connectivity index (χ0n) is 45.7. The van der Waals surface area contributed by atoms with E-state index in [2.05, 4.69) is 30.6 Å². The lowest BCUT2D eigenvalue weighted by molar-refractivity contribution is -0.160. The van der Waals surface area contributed by atoms with E-state index in [9.17, 15) is 38.7 Å². The van der Waals surface area contributed by atoms with E-state index in [1.165, 1.54) is 41.2 Å². The van der Waals surface area contributed by atoms with E-state index < -0.39 is 70.1 Å². The molecule has 0 saturated carbocycles. The number of nitrogens with zero attached hydrogens (tertiary/aromatic N) is 2. The zero-order chi connectivity index (χ0) is 57.1. The molecular formula is C61H66N2O15S2. The minimum Gasteiger partial charge on any atom is -0.491 e. The first kappa shape index (κ1) is 57.9. The highest BCUT2D eigenvalue weighted by Gasteiger charge is 2.50. The number of Topliss-reactive ketones (excluding diaryl/α,β-unsaturated/α-hetero) is 4. The predicted molar refractivity (Wildman–Crippen MR) is 301 cm³/mol. The fourth-order valence-corrected chi connectivity index (χ4v) is 12.7. The van der Waals surface area contributed by atoms with Crippen molar-refractivity contribution < 1.29 is 72.2 Å². The number of ether oxygens (including phenoxy) is 6. The molecule has 2 aliphatic carbocycles. The first-order chi connectivity index (χ1) is 38.0. The maximum absolute atomic E-state index is 12.9. The van der Waals surface area contributed by atoms with Crippen LogP contribution in [0.3, 0.4) is 0 Å². The van der Waals surface area contributed by atoms with Gasteiger partial charge in [0.25, 0.3) is 0 Å². The van der Waals surface area contributed by atoms with Crippen LogP contribution in [-0.4, -0.2) is 154 Å². The Morgan fingerprint density at radius 1 is 0.613 bits per heavy atom. The number of aliphatic hydroxyl groups is 1. The van der Waals surface area contributed by atoms with Crippen molar-refractivity contribution in [1.29, 1.82) is 0 Å². The number of carbonyl (C=O) groups is 7. The number of carboxylic acid groups (broad SMARTS) is 1. The first-order valence-corrected chi connectivity index (χ1v) is 28.7. The smallest absolute Gasteiger partial charge is 0.335 e. The number of benzene rings is 4. The quantitative estimate of drug-likeness (QED) is 0.0845. The zero-order valence-corrected chi connectivity index (χ0v) is 47.3. The van der Waals surface area contributed by atoms with Crippen molar-refractivity contribution >= 4 is 76.1 Å². The summed E-state index contributed by atoms with van der Waals surface area (Å²) in [6, 6.07) is 28.0. The van der Waals surface area contributed by atoms with Gasteiger partial charge in [0, 0.05) is 85.9 Å². The Morgan fingerprint density at radius 3 is 1.56 bits per heavy atom. The summed E-state index contributed by atoms with van der Waals surface area (Å²) in [5.74, 6) is -0.764. The molecule has 6 aliphatic rings. The number of rotatable bonds is 15. The average molecular weight is 1130 g/mol. The van der Waals surface area contributed by atoms with Crippen molar-refractivity contribution in [2.45, 2.75) is 102 Å². The molecule has 2 unspecified atom stereocenters. The van der Waals surface area contributed by atoms with E-state index >= 15 is 0 Å². The second-order valence-electron chi connectivity index (χ2n) is 22.9. The SMILES string of the molecule is CC(C)(C)OC(=O)CCC(=O)O[C@H](COc1ccc(C(C)(C)C)cc1)CN1CCC2(CSC3=C(O2)c2ccccc2C(=O)C3=O)C1.O=C1C(=O)c2ccccc2C2=C1SCC1(CCN(C[C@H](O)COc3ccc(C(=O)O)cc3)C1)O2. The number of hydrogen-bond donors (Lipinski definition) is 2. The molecule has 17 nitrogen and oxygen atoms in total. The van der Waals surface area contributed by atoms with Crippen LogP contribution in [0.4, 0.5) is 0 Å². The molecule has 19 heteroatoms. The third kappa shape index (κ3) is 13.5. The van der Waals surface area contributed by atoms with Gasteiger partial charge in [-0.2, -0.15) is 0 Å². The van der Waals surface area contributed by atoms with E-state index in [1.54, 1.807) is 57.2 Å². The summed E-state index contributed by atoms with van der Waals surface area (Å²) in [5.41, 5.74) is 1.72. The molecule has 10 rings (SSSR count). The number of likely N-dealkylation sites (tertiary alicyclic amines) is 2. The normalized spacial score (nSPS) is 21.5. The highest BCUT2D eigenvalue weighted by Crippen LogP contribution is 2.48. The first-order valence-electron chi connectivity index (χ1n) is 26.7. The van der Waals surface area contributed by atoms with Gasteiger partial charge in [0.15, 0.2) is 0 Å². The van der Waals surface area contributed by atoms with E-state index in [0.29, 0.717) is 106 Å². The van der Waals surface area contributed by atoms with E-state index in [0.717, 1.165) is 13.0 Å². The van der Waals surface area contributed by atoms with E-state index in [1.807, 2.05) is 48.5 Å². The van der Waals surface area contributed by atoms with Crippen LogP contribution in [0.2, 0.25) is 0 Å². The van der Waals surface area contributed by atoms with Gasteiger partial charge in [-0.1, -0.05) is 81.4 Å². The second kappa shape index (κ2) is 23.7. The molecule has 4 aromatic carbocycles. The highest BCUT2D eigenvalue weighted by molar-refractivity contribution is 8.04. The number of hydrogen-bond acceptors (Lipinski definition) is 18. The maximum Gasteiger partial charge on any atom is 0.335 e. The Hall–Kier alpha value is -6.77. The van der Waals surface area contributed by atoms with Gasteiger partial charge in [0.1, 0.15) is 75.1 Å². The Balaban J connectivity index is 0.000000202. The van der Waals surface area contributed by atoms with Crippen LogP contribution in [0.15, 0.2) is 107 Å². The molecule has 0 radical (unpaired) electrons. The van der Waals surface area contributed by atoms with Gasteiger partial charge in [-0.3, -0.25) is 38.6 Å². The molecule has 0 aromatic heterocycles. The van der Waals surface area contributed by atoms with Crippen molar-refractivity contribution in [2.75, 3.05) is 64.0 Å². The molecule has 0 amide bonds. The fourth-order valence-electron chi connectivity index (χ4n) is 10.3. The number of esters is 2. The lowest BCUT2D eigenvalue weighted by Crippen LogP contribution is -2.44. The number of allylic oxidation sites excluding steroid dienone is 2. The van der Waals surface area contributed by atoms with Gasteiger partial charge >= 0.3 is 17.9 Å². The van der Waals surface area contributed by atoms with Crippen molar-refractivity contribution in [3.8, 4) is 11.5 Å². The van der Waals surface area contributed by atoms with Gasteiger partial charge < -0.3 is 38.6 Å². The topological polar surface area (TPSA) is 222 Å². The number of thioether (sulfide) groups is 2. The molecule has 4 aliphatic heterocycles. The van der Waals surface area contributed by atoms with E-state index in [4.69, 9.17) is 33.5 Å². The number of aromatic carboxylic acids is 1. The van der Waals surface area contributed by atoms with Gasteiger partial charge in [-0.05, 0) is 68.1 Å². The minimum absolute atomic E-state index is 0.00918. The number of carboxylic acids is 1. The third-order valence-corrected chi connectivity index (χ3v) is 17.0. The maximum atomic E-state index is 12.9. The van der Waals surface area contributed by atoms with Crippen molar-refractivity contribution in [2.24, 2.45) is 0 Å². The van der Waals surface area contributed by atoms with Crippen molar-refractivity contribution in [3.63, 3.8) is 0 Å². The van der Waals surface area contributed by atoms with Crippen molar-refractivity contribution in [3.05, 3.63) is 140 Å². The molecule has 2 fully saturated rings. The second-order valence-corrected chi connectivity index (χ2v) is 24.9. The van der Waals surface area contributed by atoms with Gasteiger partial charge in [0.2, 0.25) is 23.1 Å². The number of aliphatic hydroxyl groups excluding tert-OH is 1. The van der Waals surface area contributed by atoms with Crippen LogP contribution in [0.25, 0.3) is 11.5 Å². The summed E-state index contributed by atoms with van der Waals surface area (Å²) in [6.07, 6.45) is -0.0749. The monoisotopic (exact) mass is 1130 g/mol. The molecule has 422 valence electrons. The third-order valence-electron chi connectivity index (χ3n) is 14.3. The summed E-state index contributed by atoms with van der Waals surface area (Å²) < 4.78 is 36.0. The fraction of sp³-hybridized carbons (Fsp3) is 0.426. The van der Waals surface area contributed by atoms with Crippen molar-refractivity contribution in [1.82, 2.24) is 9.80 Å². The average Bonchev–Trinajstić information content (AvgIpc) is 4.06. The van der Waals surface area contributed by atoms with Crippen LogP contribution in [0, 0.1) is 0 Å². The van der Waals surface area contributed by atoms with E-state index in [-0.39, 0.29) is 37.0 Å². The van der Waals surface area contributed by atoms with Crippen LogP contribution < -0.4 is 9.47 Å². The molecule has 2 spiro atoms. The molecular weight excluding hydrogens is 1060 g/mol. The Bertz CT molecular complexity index is 3140. The molecule has 4 heterocycles. The summed E-state index contributed by atoms with van der Waals surface area (Å²) in [5, 5.41) is 19.4. The standard InChI is InChI=1S/C36H43NO8S.C25H23NO7S/c1-34(2,3)23-11-13-24(14-12-23)42-20-25(43-28(38)15-16-29(39)44-35(4,5)6)19-37-18-17-36(21-37)22-46-33-31(41)30(40)26-9-7-8-10-27(26)32(33)45-36;27-16(12-32-17-7-5-15(6-8-17)24(30)31)11-26-10-9-25(13-26)14-34-23-21(29)20(28)18-3-1-2-4-19(18)22(23)33-25/h7-14,25H,15-22H2,1-6H3;1-8,16,27H,9-14H2,(H,30,31)/t25-,36?;16-,25?/m00/s1. The van der Waals surface area contributed by atoms with Gasteiger partial charge in [-0.25, -0.2) is 4.79 Å². The molecule has 80 heavy (non-hydrogen) atoms. The lowest BCUT2D eigenvalue weighted by atomic mass is 9.87. The van der Waals surface area contributed by atoms with Gasteiger partial charge in [0.05, 0.1) is 18.4 Å². The summed E-state index contributed by atoms with van der Waals surface area (Å²) >= 11 is 2.76. The molecule has 2 saturated heterocycles.